The first-order valence-electron chi connectivity index (χ1n) is 5.42. The second-order valence-electron chi connectivity index (χ2n) is 3.68. The summed E-state index contributed by atoms with van der Waals surface area (Å²) in [6.07, 6.45) is 0.665. The first-order chi connectivity index (χ1) is 8.36. The molecular formula is C10H18N2O5S. The number of hydrogen-bond donors (Lipinski definition) is 3. The van der Waals surface area contributed by atoms with Crippen molar-refractivity contribution in [1.29, 1.82) is 0 Å². The summed E-state index contributed by atoms with van der Waals surface area (Å²) in [6.45, 7) is 1.20. The highest BCUT2D eigenvalue weighted by molar-refractivity contribution is 7.85. The summed E-state index contributed by atoms with van der Waals surface area (Å²) in [4.78, 5) is 32.4. The van der Waals surface area contributed by atoms with Gasteiger partial charge in [0, 0.05) is 36.9 Å². The number of rotatable bonds is 8. The van der Waals surface area contributed by atoms with Crippen molar-refractivity contribution in [2.45, 2.75) is 25.8 Å². The minimum atomic E-state index is -1.38. The van der Waals surface area contributed by atoms with Gasteiger partial charge in [0.1, 0.15) is 6.04 Å². The first-order valence-corrected chi connectivity index (χ1v) is 6.91. The van der Waals surface area contributed by atoms with E-state index in [-0.39, 0.29) is 23.8 Å². The summed E-state index contributed by atoms with van der Waals surface area (Å²) >= 11 is 0. The standard InChI is InChI=1S/C10H18N2O5S/c1-7(13)12-8(10(15)16)6-18(17)5-3-4-9(14)11-2/h8H,3-6H2,1-2H3,(H,11,14)(H,12,13)(H,15,16). The minimum Gasteiger partial charge on any atom is -0.480 e. The van der Waals surface area contributed by atoms with Crippen molar-refractivity contribution >= 4 is 28.6 Å². The summed E-state index contributed by atoms with van der Waals surface area (Å²) in [5, 5.41) is 13.5. The van der Waals surface area contributed by atoms with E-state index in [2.05, 4.69) is 10.6 Å². The molecule has 0 saturated carbocycles. The summed E-state index contributed by atoms with van der Waals surface area (Å²) in [5.41, 5.74) is 0. The second-order valence-corrected chi connectivity index (χ2v) is 5.30. The molecule has 7 nitrogen and oxygen atoms in total. The highest BCUT2D eigenvalue weighted by atomic mass is 32.2. The number of nitrogens with one attached hydrogen (secondary N) is 2. The Morgan fingerprint density at radius 3 is 2.39 bits per heavy atom. The average Bonchev–Trinajstić information content (AvgIpc) is 2.27. The van der Waals surface area contributed by atoms with Crippen LogP contribution < -0.4 is 10.6 Å². The molecule has 2 amide bonds. The Balaban J connectivity index is 4.06. The van der Waals surface area contributed by atoms with Gasteiger partial charge in [-0.25, -0.2) is 4.79 Å². The maximum atomic E-state index is 11.6. The molecule has 0 aliphatic rings. The van der Waals surface area contributed by atoms with Crippen LogP contribution in [0.5, 0.6) is 0 Å². The minimum absolute atomic E-state index is 0.149. The topological polar surface area (TPSA) is 113 Å². The molecule has 0 aliphatic heterocycles. The maximum Gasteiger partial charge on any atom is 0.327 e. The van der Waals surface area contributed by atoms with Gasteiger partial charge >= 0.3 is 5.97 Å². The van der Waals surface area contributed by atoms with Gasteiger partial charge in [-0.3, -0.25) is 13.8 Å². The van der Waals surface area contributed by atoms with Crippen LogP contribution in [0.15, 0.2) is 0 Å². The zero-order valence-electron chi connectivity index (χ0n) is 10.4. The molecular weight excluding hydrogens is 260 g/mol. The summed E-state index contributed by atoms with van der Waals surface area (Å²) in [5.74, 6) is -1.77. The van der Waals surface area contributed by atoms with Gasteiger partial charge in [0.15, 0.2) is 0 Å². The van der Waals surface area contributed by atoms with Crippen molar-refractivity contribution < 1.29 is 23.7 Å². The lowest BCUT2D eigenvalue weighted by atomic mass is 10.3. The van der Waals surface area contributed by atoms with E-state index in [1.807, 2.05) is 0 Å². The Hall–Kier alpha value is -1.44. The molecule has 0 spiro atoms. The van der Waals surface area contributed by atoms with Crippen LogP contribution in [0.25, 0.3) is 0 Å². The van der Waals surface area contributed by atoms with Crippen molar-refractivity contribution in [2.75, 3.05) is 18.6 Å². The lowest BCUT2D eigenvalue weighted by Gasteiger charge is -2.12. The molecule has 2 unspecified atom stereocenters. The molecule has 3 N–H and O–H groups in total. The molecule has 0 rings (SSSR count). The predicted octanol–water partition coefficient (Wildman–Crippen LogP) is -1.15. The van der Waals surface area contributed by atoms with E-state index in [9.17, 15) is 18.6 Å². The van der Waals surface area contributed by atoms with Crippen molar-refractivity contribution in [3.63, 3.8) is 0 Å². The van der Waals surface area contributed by atoms with Gasteiger partial charge < -0.3 is 15.7 Å². The number of carbonyl (C=O) groups is 3. The van der Waals surface area contributed by atoms with Gasteiger partial charge in [-0.05, 0) is 6.42 Å². The predicted molar refractivity (Wildman–Crippen MR) is 66.4 cm³/mol. The quantitative estimate of drug-likeness (QED) is 0.519. The molecule has 0 aromatic heterocycles. The zero-order valence-corrected chi connectivity index (χ0v) is 11.2. The second kappa shape index (κ2) is 8.62. The fraction of sp³-hybridized carbons (Fsp3) is 0.700. The van der Waals surface area contributed by atoms with Gasteiger partial charge in [0.25, 0.3) is 0 Å². The number of carboxylic acid groups (broad SMARTS) is 1. The molecule has 0 aliphatic carbocycles. The zero-order chi connectivity index (χ0) is 14.1. The normalized spacial score (nSPS) is 13.4. The van der Waals surface area contributed by atoms with E-state index in [4.69, 9.17) is 5.11 Å². The van der Waals surface area contributed by atoms with Crippen molar-refractivity contribution in [2.24, 2.45) is 0 Å². The Kier molecular flexibility index (Phi) is 7.93. The largest absolute Gasteiger partial charge is 0.480 e. The Bertz CT molecular complexity index is 345. The summed E-state index contributed by atoms with van der Waals surface area (Å²) < 4.78 is 11.6. The third-order valence-electron chi connectivity index (χ3n) is 2.08. The molecule has 0 aromatic carbocycles. The summed E-state index contributed by atoms with van der Waals surface area (Å²) in [6, 6.07) is -1.15. The number of carboxylic acids is 1. The number of hydrogen-bond acceptors (Lipinski definition) is 4. The third-order valence-corrected chi connectivity index (χ3v) is 3.53. The van der Waals surface area contributed by atoms with Crippen LogP contribution in [0.1, 0.15) is 19.8 Å². The summed E-state index contributed by atoms with van der Waals surface area (Å²) in [7, 11) is 0.129. The smallest absolute Gasteiger partial charge is 0.327 e. The first kappa shape index (κ1) is 16.6. The fourth-order valence-electron chi connectivity index (χ4n) is 1.21. The number of aliphatic carboxylic acids is 1. The molecule has 2 atom stereocenters. The third kappa shape index (κ3) is 7.77. The Morgan fingerprint density at radius 1 is 1.33 bits per heavy atom. The molecule has 104 valence electrons. The molecule has 0 radical (unpaired) electrons. The lowest BCUT2D eigenvalue weighted by molar-refractivity contribution is -0.140. The number of carbonyl (C=O) groups excluding carboxylic acids is 2. The van der Waals surface area contributed by atoms with Crippen LogP contribution in [0.3, 0.4) is 0 Å². The average molecular weight is 278 g/mol. The van der Waals surface area contributed by atoms with E-state index in [1.165, 1.54) is 14.0 Å². The molecule has 0 fully saturated rings. The molecule has 8 heteroatoms. The fourth-order valence-corrected chi connectivity index (χ4v) is 2.44. The van der Waals surface area contributed by atoms with Gasteiger partial charge in [-0.2, -0.15) is 0 Å². The SMILES string of the molecule is CNC(=O)CCCS(=O)CC(NC(C)=O)C(=O)O. The van der Waals surface area contributed by atoms with Crippen LogP contribution in [-0.4, -0.2) is 51.7 Å². The monoisotopic (exact) mass is 278 g/mol. The molecule has 0 saturated heterocycles. The van der Waals surface area contributed by atoms with Crippen LogP contribution in [0.2, 0.25) is 0 Å². The van der Waals surface area contributed by atoms with Crippen molar-refractivity contribution in [3.8, 4) is 0 Å². The van der Waals surface area contributed by atoms with E-state index in [0.29, 0.717) is 6.42 Å². The Morgan fingerprint density at radius 2 is 1.94 bits per heavy atom. The molecule has 0 aromatic rings. The van der Waals surface area contributed by atoms with Crippen LogP contribution >= 0.6 is 0 Å². The van der Waals surface area contributed by atoms with Crippen molar-refractivity contribution in [3.05, 3.63) is 0 Å². The van der Waals surface area contributed by atoms with Gasteiger partial charge in [-0.15, -0.1) is 0 Å². The van der Waals surface area contributed by atoms with Gasteiger partial charge in [-0.1, -0.05) is 0 Å². The van der Waals surface area contributed by atoms with E-state index in [0.717, 1.165) is 0 Å². The lowest BCUT2D eigenvalue weighted by Crippen LogP contribution is -2.43. The number of amides is 2. The Labute approximate surface area is 108 Å². The van der Waals surface area contributed by atoms with Crippen LogP contribution in [-0.2, 0) is 25.2 Å². The van der Waals surface area contributed by atoms with Crippen LogP contribution in [0, 0.1) is 0 Å². The molecule has 0 bridgehead atoms. The van der Waals surface area contributed by atoms with E-state index >= 15 is 0 Å². The van der Waals surface area contributed by atoms with Crippen LogP contribution in [0.4, 0.5) is 0 Å². The highest BCUT2D eigenvalue weighted by Gasteiger charge is 2.21. The van der Waals surface area contributed by atoms with E-state index < -0.39 is 28.7 Å². The highest BCUT2D eigenvalue weighted by Crippen LogP contribution is 1.97. The maximum absolute atomic E-state index is 11.6. The van der Waals surface area contributed by atoms with E-state index in [1.54, 1.807) is 0 Å². The van der Waals surface area contributed by atoms with Crippen molar-refractivity contribution in [1.82, 2.24) is 10.6 Å². The van der Waals surface area contributed by atoms with Gasteiger partial charge in [0.2, 0.25) is 11.8 Å². The molecule has 0 heterocycles. The van der Waals surface area contributed by atoms with Gasteiger partial charge in [0.05, 0.1) is 5.75 Å². The molecule has 18 heavy (non-hydrogen) atoms.